The van der Waals surface area contributed by atoms with Crippen LogP contribution in [0.1, 0.15) is 21.5 Å². The summed E-state index contributed by atoms with van der Waals surface area (Å²) in [6.45, 7) is 2.72. The predicted molar refractivity (Wildman–Crippen MR) is 97.2 cm³/mol. The second-order valence-corrected chi connectivity index (χ2v) is 5.64. The Morgan fingerprint density at radius 2 is 1.84 bits per heavy atom. The number of aromatic carboxylic acids is 1. The van der Waals surface area contributed by atoms with Gasteiger partial charge >= 0.3 is 5.97 Å². The highest BCUT2D eigenvalue weighted by molar-refractivity contribution is 5.89. The fourth-order valence-corrected chi connectivity index (χ4v) is 2.41. The molecule has 2 aromatic carbocycles. The molecule has 3 rings (SSSR count). The molecule has 0 unspecified atom stereocenters. The van der Waals surface area contributed by atoms with Crippen LogP contribution in [0.4, 0.5) is 17.3 Å². The Hall–Kier alpha value is -3.41. The molecule has 0 atom stereocenters. The summed E-state index contributed by atoms with van der Waals surface area (Å²) in [7, 11) is 0. The van der Waals surface area contributed by atoms with E-state index >= 15 is 0 Å². The van der Waals surface area contributed by atoms with E-state index in [9.17, 15) is 4.79 Å². The quantitative estimate of drug-likeness (QED) is 0.635. The summed E-state index contributed by atoms with van der Waals surface area (Å²) in [5.74, 6) is 0.310. The summed E-state index contributed by atoms with van der Waals surface area (Å²) in [5, 5.41) is 15.4. The van der Waals surface area contributed by atoms with Gasteiger partial charge in [-0.2, -0.15) is 0 Å². The van der Waals surface area contributed by atoms with E-state index in [1.54, 1.807) is 30.3 Å². The lowest BCUT2D eigenvalue weighted by molar-refractivity contribution is 0.0697. The smallest absolute Gasteiger partial charge is 0.335 e. The van der Waals surface area contributed by atoms with Gasteiger partial charge in [-0.05, 0) is 30.7 Å². The van der Waals surface area contributed by atoms with Gasteiger partial charge in [-0.3, -0.25) is 0 Å². The Morgan fingerprint density at radius 1 is 1.04 bits per heavy atom. The number of benzene rings is 2. The molecule has 0 saturated heterocycles. The van der Waals surface area contributed by atoms with Gasteiger partial charge in [0.1, 0.15) is 18.0 Å². The molecule has 0 radical (unpaired) electrons. The molecule has 1 heterocycles. The zero-order chi connectivity index (χ0) is 17.6. The topological polar surface area (TPSA) is 87.1 Å². The molecule has 3 N–H and O–H groups in total. The number of aryl methyl sites for hydroxylation is 1. The number of hydrogen-bond acceptors (Lipinski definition) is 5. The van der Waals surface area contributed by atoms with Gasteiger partial charge in [0, 0.05) is 18.3 Å². The third-order valence-electron chi connectivity index (χ3n) is 3.61. The average Bonchev–Trinajstić information content (AvgIpc) is 2.61. The summed E-state index contributed by atoms with van der Waals surface area (Å²) >= 11 is 0. The number of aromatic nitrogens is 2. The molecule has 0 amide bonds. The molecule has 0 fully saturated rings. The first kappa shape index (κ1) is 16.4. The number of carboxylic acid groups (broad SMARTS) is 1. The molecular formula is C19H18N4O2. The Balaban J connectivity index is 1.69. The third-order valence-corrected chi connectivity index (χ3v) is 3.61. The van der Waals surface area contributed by atoms with E-state index in [0.717, 1.165) is 0 Å². The summed E-state index contributed by atoms with van der Waals surface area (Å²) in [6.07, 6.45) is 1.46. The molecule has 6 nitrogen and oxygen atoms in total. The highest BCUT2D eigenvalue weighted by atomic mass is 16.4. The monoisotopic (exact) mass is 334 g/mol. The molecule has 0 saturated carbocycles. The molecule has 0 aliphatic heterocycles. The Bertz CT molecular complexity index is 896. The van der Waals surface area contributed by atoms with Crippen LogP contribution in [0.15, 0.2) is 60.9 Å². The minimum absolute atomic E-state index is 0.219. The van der Waals surface area contributed by atoms with Crippen molar-refractivity contribution >= 4 is 23.3 Å². The highest BCUT2D eigenvalue weighted by Gasteiger charge is 2.05. The third kappa shape index (κ3) is 4.54. The van der Waals surface area contributed by atoms with Crippen LogP contribution in [0.2, 0.25) is 0 Å². The van der Waals surface area contributed by atoms with E-state index in [-0.39, 0.29) is 5.56 Å². The van der Waals surface area contributed by atoms with E-state index in [4.69, 9.17) is 5.11 Å². The first-order valence-corrected chi connectivity index (χ1v) is 7.82. The van der Waals surface area contributed by atoms with Crippen molar-refractivity contribution in [1.82, 2.24) is 9.97 Å². The molecule has 0 bridgehead atoms. The van der Waals surface area contributed by atoms with Crippen molar-refractivity contribution in [2.75, 3.05) is 10.6 Å². The van der Waals surface area contributed by atoms with Crippen LogP contribution in [-0.4, -0.2) is 21.0 Å². The fourth-order valence-electron chi connectivity index (χ4n) is 2.41. The molecule has 1 aromatic heterocycles. The van der Waals surface area contributed by atoms with Crippen LogP contribution in [0.3, 0.4) is 0 Å². The lowest BCUT2D eigenvalue weighted by Crippen LogP contribution is -2.03. The van der Waals surface area contributed by atoms with Crippen molar-refractivity contribution in [3.8, 4) is 0 Å². The van der Waals surface area contributed by atoms with Crippen LogP contribution in [0.5, 0.6) is 0 Å². The van der Waals surface area contributed by atoms with Gasteiger partial charge in [-0.15, -0.1) is 0 Å². The summed E-state index contributed by atoms with van der Waals surface area (Å²) in [5.41, 5.74) is 3.25. The van der Waals surface area contributed by atoms with Gasteiger partial charge in [0.25, 0.3) is 0 Å². The van der Waals surface area contributed by atoms with Gasteiger partial charge in [-0.1, -0.05) is 35.9 Å². The number of carbonyl (C=O) groups is 1. The standard InChI is InChI=1S/C19H18N4O2/c1-13-4-2-5-14(8-13)11-20-17-10-18(22-12-21-17)23-16-7-3-6-15(9-16)19(24)25/h2-10,12H,11H2,1H3,(H,24,25)(H2,20,21,22,23). The van der Waals surface area contributed by atoms with E-state index < -0.39 is 5.97 Å². The van der Waals surface area contributed by atoms with Gasteiger partial charge in [-0.25, -0.2) is 14.8 Å². The number of nitrogens with one attached hydrogen (secondary N) is 2. The first-order valence-electron chi connectivity index (χ1n) is 7.82. The maximum Gasteiger partial charge on any atom is 0.335 e. The lowest BCUT2D eigenvalue weighted by atomic mass is 10.1. The first-order chi connectivity index (χ1) is 12.1. The minimum Gasteiger partial charge on any atom is -0.478 e. The minimum atomic E-state index is -0.966. The van der Waals surface area contributed by atoms with Crippen LogP contribution >= 0.6 is 0 Å². The molecule has 6 heteroatoms. The van der Waals surface area contributed by atoms with Crippen molar-refractivity contribution in [2.24, 2.45) is 0 Å². The second-order valence-electron chi connectivity index (χ2n) is 5.64. The normalized spacial score (nSPS) is 10.3. The molecule has 25 heavy (non-hydrogen) atoms. The number of carboxylic acids is 1. The predicted octanol–water partition coefficient (Wildman–Crippen LogP) is 3.84. The number of rotatable bonds is 6. The summed E-state index contributed by atoms with van der Waals surface area (Å²) in [4.78, 5) is 19.4. The SMILES string of the molecule is Cc1cccc(CNc2cc(Nc3cccc(C(=O)O)c3)ncn2)c1. The maximum absolute atomic E-state index is 11.0. The molecule has 126 valence electrons. The fraction of sp³-hybridized carbons (Fsp3) is 0.105. The number of hydrogen-bond donors (Lipinski definition) is 3. The van der Waals surface area contributed by atoms with E-state index in [1.807, 2.05) is 6.07 Å². The summed E-state index contributed by atoms with van der Waals surface area (Å²) in [6, 6.07) is 16.6. The van der Waals surface area contributed by atoms with Crippen LogP contribution in [0, 0.1) is 6.92 Å². The van der Waals surface area contributed by atoms with Crippen molar-refractivity contribution in [3.05, 3.63) is 77.6 Å². The van der Waals surface area contributed by atoms with Gasteiger partial charge in [0.05, 0.1) is 5.56 Å². The molecule has 3 aromatic rings. The van der Waals surface area contributed by atoms with Gasteiger partial charge < -0.3 is 15.7 Å². The second kappa shape index (κ2) is 7.44. The Kier molecular flexibility index (Phi) is 4.89. The molecule has 0 aliphatic rings. The zero-order valence-corrected chi connectivity index (χ0v) is 13.7. The van der Waals surface area contributed by atoms with E-state index in [0.29, 0.717) is 23.9 Å². The van der Waals surface area contributed by atoms with Crippen molar-refractivity contribution in [1.29, 1.82) is 0 Å². The molecule has 0 spiro atoms. The van der Waals surface area contributed by atoms with Gasteiger partial charge in [0.2, 0.25) is 0 Å². The van der Waals surface area contributed by atoms with Gasteiger partial charge in [0.15, 0.2) is 0 Å². The van der Waals surface area contributed by atoms with Crippen molar-refractivity contribution in [2.45, 2.75) is 13.5 Å². The van der Waals surface area contributed by atoms with Crippen LogP contribution < -0.4 is 10.6 Å². The van der Waals surface area contributed by atoms with Crippen molar-refractivity contribution in [3.63, 3.8) is 0 Å². The Morgan fingerprint density at radius 3 is 2.64 bits per heavy atom. The van der Waals surface area contributed by atoms with Crippen LogP contribution in [-0.2, 0) is 6.54 Å². The van der Waals surface area contributed by atoms with Crippen LogP contribution in [0.25, 0.3) is 0 Å². The lowest BCUT2D eigenvalue weighted by Gasteiger charge is -2.09. The summed E-state index contributed by atoms with van der Waals surface area (Å²) < 4.78 is 0. The number of anilines is 3. The Labute approximate surface area is 145 Å². The zero-order valence-electron chi connectivity index (χ0n) is 13.7. The van der Waals surface area contributed by atoms with E-state index in [2.05, 4.69) is 45.7 Å². The average molecular weight is 334 g/mol. The maximum atomic E-state index is 11.0. The molecule has 0 aliphatic carbocycles. The molecular weight excluding hydrogens is 316 g/mol. The van der Waals surface area contributed by atoms with Crippen molar-refractivity contribution < 1.29 is 9.90 Å². The highest BCUT2D eigenvalue weighted by Crippen LogP contribution is 2.18. The number of nitrogens with zero attached hydrogens (tertiary/aromatic N) is 2. The largest absolute Gasteiger partial charge is 0.478 e. The van der Waals surface area contributed by atoms with E-state index in [1.165, 1.54) is 17.5 Å².